The summed E-state index contributed by atoms with van der Waals surface area (Å²) in [5.41, 5.74) is 4.11. The van der Waals surface area contributed by atoms with Gasteiger partial charge in [0.15, 0.2) is 0 Å². The lowest BCUT2D eigenvalue weighted by atomic mass is 9.88. The Hall–Kier alpha value is -2.82. The highest BCUT2D eigenvalue weighted by Crippen LogP contribution is 2.29. The van der Waals surface area contributed by atoms with Crippen LogP contribution in [-0.2, 0) is 24.3 Å². The maximum atomic E-state index is 12.9. The summed E-state index contributed by atoms with van der Waals surface area (Å²) < 4.78 is 3.35. The van der Waals surface area contributed by atoms with Gasteiger partial charge >= 0.3 is 5.69 Å². The summed E-state index contributed by atoms with van der Waals surface area (Å²) in [6.45, 7) is 2.75. The molecule has 1 heterocycles. The molecule has 4 rings (SSSR count). The van der Waals surface area contributed by atoms with Gasteiger partial charge in [-0.3, -0.25) is 13.9 Å². The third-order valence-electron chi connectivity index (χ3n) is 5.38. The monoisotopic (exact) mass is 363 g/mol. The van der Waals surface area contributed by atoms with Crippen molar-refractivity contribution in [2.24, 2.45) is 0 Å². The Labute approximate surface area is 158 Å². The minimum Gasteiger partial charge on any atom is -0.348 e. The average Bonchev–Trinajstić information content (AvgIpc) is 2.95. The molecular formula is C22H25N3O2. The van der Waals surface area contributed by atoms with Gasteiger partial charge in [0.25, 0.3) is 0 Å². The van der Waals surface area contributed by atoms with E-state index in [0.717, 1.165) is 36.7 Å². The second-order valence-corrected chi connectivity index (χ2v) is 7.22. The van der Waals surface area contributed by atoms with Crippen molar-refractivity contribution in [2.45, 2.75) is 51.7 Å². The van der Waals surface area contributed by atoms with Crippen molar-refractivity contribution in [3.63, 3.8) is 0 Å². The zero-order valence-electron chi connectivity index (χ0n) is 15.6. The lowest BCUT2D eigenvalue weighted by molar-refractivity contribution is -0.122. The molecule has 1 aromatic heterocycles. The van der Waals surface area contributed by atoms with Gasteiger partial charge in [0, 0.05) is 6.54 Å². The van der Waals surface area contributed by atoms with Gasteiger partial charge in [-0.1, -0.05) is 43.3 Å². The van der Waals surface area contributed by atoms with Gasteiger partial charge in [-0.2, -0.15) is 0 Å². The molecule has 3 aromatic rings. The molecule has 0 saturated carbocycles. The molecule has 140 valence electrons. The minimum absolute atomic E-state index is 0.0298. The first-order valence-corrected chi connectivity index (χ1v) is 9.74. The molecule has 1 unspecified atom stereocenters. The van der Waals surface area contributed by atoms with E-state index in [2.05, 4.69) is 17.4 Å². The minimum atomic E-state index is -0.114. The lowest BCUT2D eigenvalue weighted by Gasteiger charge is -2.26. The predicted octanol–water partition coefficient (Wildman–Crippen LogP) is 3.41. The van der Waals surface area contributed by atoms with E-state index in [4.69, 9.17) is 0 Å². The second kappa shape index (κ2) is 7.43. The van der Waals surface area contributed by atoms with Gasteiger partial charge in [-0.25, -0.2) is 4.79 Å². The van der Waals surface area contributed by atoms with Gasteiger partial charge in [0.1, 0.15) is 6.54 Å². The highest BCUT2D eigenvalue weighted by Gasteiger charge is 2.22. The van der Waals surface area contributed by atoms with Crippen molar-refractivity contribution < 1.29 is 4.79 Å². The number of aromatic nitrogens is 2. The molecule has 1 aliphatic rings. The lowest BCUT2D eigenvalue weighted by Crippen LogP contribution is -2.36. The number of carbonyl (C=O) groups is 1. The SMILES string of the molecule is CCCn1c(=O)n(CC(=O)NC2CCCc3ccccc32)c2ccccc21. The molecule has 0 aliphatic heterocycles. The Morgan fingerprint density at radius 2 is 1.78 bits per heavy atom. The number of nitrogens with one attached hydrogen (secondary N) is 1. The molecular weight excluding hydrogens is 338 g/mol. The highest BCUT2D eigenvalue weighted by molar-refractivity contribution is 5.81. The molecule has 1 atom stereocenters. The fourth-order valence-electron chi connectivity index (χ4n) is 4.15. The van der Waals surface area contributed by atoms with Crippen LogP contribution in [0.3, 0.4) is 0 Å². The fraction of sp³-hybridized carbons (Fsp3) is 0.364. The molecule has 5 heteroatoms. The summed E-state index contributed by atoms with van der Waals surface area (Å²) in [4.78, 5) is 25.6. The number of imidazole rings is 1. The first-order valence-electron chi connectivity index (χ1n) is 9.74. The number of carbonyl (C=O) groups excluding carboxylic acids is 1. The van der Waals surface area contributed by atoms with E-state index in [1.165, 1.54) is 11.1 Å². The van der Waals surface area contributed by atoms with Crippen molar-refractivity contribution in [2.75, 3.05) is 0 Å². The number of benzene rings is 2. The van der Waals surface area contributed by atoms with E-state index in [0.29, 0.717) is 6.54 Å². The summed E-state index contributed by atoms with van der Waals surface area (Å²) >= 11 is 0. The molecule has 0 radical (unpaired) electrons. The van der Waals surface area contributed by atoms with Crippen molar-refractivity contribution in [1.29, 1.82) is 0 Å². The average molecular weight is 363 g/mol. The molecule has 2 aromatic carbocycles. The zero-order valence-corrected chi connectivity index (χ0v) is 15.6. The summed E-state index contributed by atoms with van der Waals surface area (Å²) in [6, 6.07) is 16.0. The normalized spacial score (nSPS) is 16.3. The first kappa shape index (κ1) is 17.6. The van der Waals surface area contributed by atoms with E-state index in [1.807, 2.05) is 43.3 Å². The zero-order chi connectivity index (χ0) is 18.8. The molecule has 0 saturated heterocycles. The maximum absolute atomic E-state index is 12.9. The predicted molar refractivity (Wildman–Crippen MR) is 107 cm³/mol. The molecule has 0 fully saturated rings. The number of nitrogens with zero attached hydrogens (tertiary/aromatic N) is 2. The smallest absolute Gasteiger partial charge is 0.329 e. The van der Waals surface area contributed by atoms with E-state index in [9.17, 15) is 9.59 Å². The summed E-state index contributed by atoms with van der Waals surface area (Å²) in [5.74, 6) is -0.113. The van der Waals surface area contributed by atoms with Crippen LogP contribution in [0.5, 0.6) is 0 Å². The van der Waals surface area contributed by atoms with Crippen LogP contribution >= 0.6 is 0 Å². The maximum Gasteiger partial charge on any atom is 0.329 e. The Morgan fingerprint density at radius 3 is 2.56 bits per heavy atom. The van der Waals surface area contributed by atoms with Crippen LogP contribution in [0.1, 0.15) is 43.4 Å². The highest BCUT2D eigenvalue weighted by atomic mass is 16.2. The van der Waals surface area contributed by atoms with Crippen molar-refractivity contribution >= 4 is 16.9 Å². The van der Waals surface area contributed by atoms with Gasteiger partial charge < -0.3 is 5.32 Å². The first-order chi connectivity index (χ1) is 13.2. The Balaban J connectivity index is 1.59. The van der Waals surface area contributed by atoms with Gasteiger partial charge in [-0.15, -0.1) is 0 Å². The van der Waals surface area contributed by atoms with E-state index in [-0.39, 0.29) is 24.2 Å². The van der Waals surface area contributed by atoms with Crippen LogP contribution < -0.4 is 11.0 Å². The van der Waals surface area contributed by atoms with Gasteiger partial charge in [0.05, 0.1) is 17.1 Å². The van der Waals surface area contributed by atoms with Crippen molar-refractivity contribution in [3.05, 3.63) is 70.1 Å². The Bertz CT molecular complexity index is 1030. The molecule has 0 bridgehead atoms. The van der Waals surface area contributed by atoms with E-state index in [1.54, 1.807) is 9.13 Å². The molecule has 1 N–H and O–H groups in total. The third-order valence-corrected chi connectivity index (χ3v) is 5.38. The van der Waals surface area contributed by atoms with E-state index < -0.39 is 0 Å². The largest absolute Gasteiger partial charge is 0.348 e. The standard InChI is InChI=1S/C22H25N3O2/c1-2-14-24-19-12-5-6-13-20(19)25(22(24)27)15-21(26)23-18-11-7-9-16-8-3-4-10-17(16)18/h3-6,8,10,12-13,18H,2,7,9,11,14-15H2,1H3,(H,23,26). The molecule has 1 amide bonds. The summed E-state index contributed by atoms with van der Waals surface area (Å²) in [6.07, 6.45) is 3.94. The number of hydrogen-bond donors (Lipinski definition) is 1. The fourth-order valence-corrected chi connectivity index (χ4v) is 4.15. The molecule has 1 aliphatic carbocycles. The topological polar surface area (TPSA) is 56.0 Å². The number of hydrogen-bond acceptors (Lipinski definition) is 2. The molecule has 27 heavy (non-hydrogen) atoms. The molecule has 0 spiro atoms. The third kappa shape index (κ3) is 3.29. The van der Waals surface area contributed by atoms with Crippen molar-refractivity contribution in [3.8, 4) is 0 Å². The van der Waals surface area contributed by atoms with Crippen LogP contribution in [0.2, 0.25) is 0 Å². The summed E-state index contributed by atoms with van der Waals surface area (Å²) in [7, 11) is 0. The van der Waals surface area contributed by atoms with Crippen LogP contribution in [0, 0.1) is 0 Å². The second-order valence-electron chi connectivity index (χ2n) is 7.22. The Morgan fingerprint density at radius 1 is 1.07 bits per heavy atom. The number of para-hydroxylation sites is 2. The van der Waals surface area contributed by atoms with E-state index >= 15 is 0 Å². The quantitative estimate of drug-likeness (QED) is 0.755. The Kier molecular flexibility index (Phi) is 4.84. The number of fused-ring (bicyclic) bond motifs is 2. The molecule has 5 nitrogen and oxygen atoms in total. The number of rotatable bonds is 5. The van der Waals surface area contributed by atoms with Gasteiger partial charge in [0.2, 0.25) is 5.91 Å². The van der Waals surface area contributed by atoms with Crippen LogP contribution in [-0.4, -0.2) is 15.0 Å². The van der Waals surface area contributed by atoms with Crippen LogP contribution in [0.25, 0.3) is 11.0 Å². The van der Waals surface area contributed by atoms with Gasteiger partial charge in [-0.05, 0) is 48.9 Å². The van der Waals surface area contributed by atoms with Crippen LogP contribution in [0.4, 0.5) is 0 Å². The van der Waals surface area contributed by atoms with Crippen LogP contribution in [0.15, 0.2) is 53.3 Å². The summed E-state index contributed by atoms with van der Waals surface area (Å²) in [5, 5.41) is 3.15. The van der Waals surface area contributed by atoms with Crippen molar-refractivity contribution in [1.82, 2.24) is 14.5 Å². The number of aryl methyl sites for hydroxylation is 2. The number of amides is 1.